The first-order valence-electron chi connectivity index (χ1n) is 9.72. The van der Waals surface area contributed by atoms with Crippen LogP contribution in [0.15, 0.2) is 28.6 Å². The molecule has 2 aromatic rings. The van der Waals surface area contributed by atoms with Crippen molar-refractivity contribution in [3.8, 4) is 17.2 Å². The van der Waals surface area contributed by atoms with Gasteiger partial charge in [-0.05, 0) is 29.5 Å². The van der Waals surface area contributed by atoms with Gasteiger partial charge in [-0.25, -0.2) is 0 Å². The number of hydrogen-bond acceptors (Lipinski definition) is 6. The van der Waals surface area contributed by atoms with E-state index in [9.17, 15) is 8.78 Å². The first kappa shape index (κ1) is 23.8. The lowest BCUT2D eigenvalue weighted by atomic mass is 10.1. The van der Waals surface area contributed by atoms with Crippen molar-refractivity contribution >= 4 is 41.3 Å². The zero-order valence-corrected chi connectivity index (χ0v) is 20.2. The molecule has 0 atom stereocenters. The summed E-state index contributed by atoms with van der Waals surface area (Å²) in [5, 5.41) is 8.57. The average Bonchev–Trinajstić information content (AvgIpc) is 3.38. The number of hydrogen-bond donors (Lipinski definition) is 2. The average molecular weight is 566 g/mol. The molecule has 31 heavy (non-hydrogen) atoms. The molecule has 0 saturated carbocycles. The van der Waals surface area contributed by atoms with Gasteiger partial charge >= 0.3 is 6.61 Å². The molecular formula is C20H25F2IN4O3S. The number of benzene rings is 1. The number of nitrogens with zero attached hydrogens (tertiary/aromatic N) is 2. The molecule has 0 unspecified atom stereocenters. The highest BCUT2D eigenvalue weighted by Crippen LogP contribution is 2.38. The maximum Gasteiger partial charge on any atom is 0.387 e. The Morgan fingerprint density at radius 2 is 2.10 bits per heavy atom. The number of nitrogens with one attached hydrogen (secondary N) is 2. The van der Waals surface area contributed by atoms with E-state index in [0.29, 0.717) is 23.0 Å². The first-order chi connectivity index (χ1) is 14.6. The first-order valence-corrected chi connectivity index (χ1v) is 10.6. The highest BCUT2D eigenvalue weighted by molar-refractivity contribution is 14.0. The molecule has 4 rings (SSSR count). The predicted molar refractivity (Wildman–Crippen MR) is 126 cm³/mol. The molecule has 11 heteroatoms. The lowest BCUT2D eigenvalue weighted by molar-refractivity contribution is -0.0505. The number of fused-ring (bicyclic) bond motifs is 2. The number of aliphatic imine (C=N–C) groups is 1. The van der Waals surface area contributed by atoms with Gasteiger partial charge in [-0.15, -0.1) is 35.3 Å². The summed E-state index contributed by atoms with van der Waals surface area (Å²) in [7, 11) is 1.67. The van der Waals surface area contributed by atoms with Crippen LogP contribution in [0.1, 0.15) is 16.0 Å². The standard InChI is InChI=1S/C20H24F2N4O3S.HI/c1-23-20(24-4-6-26-5-2-18-13(11-26)3-7-30-18)25-10-14-8-16-17(28-12-27-16)9-15(14)29-19(21)22;/h3,7-9,19H,2,4-6,10-12H2,1H3,(H2,23,24,25);1H. The minimum Gasteiger partial charge on any atom is -0.454 e. The molecule has 1 aromatic carbocycles. The van der Waals surface area contributed by atoms with Crippen molar-refractivity contribution < 1.29 is 23.0 Å². The quantitative estimate of drug-likeness (QED) is 0.305. The van der Waals surface area contributed by atoms with E-state index in [4.69, 9.17) is 9.47 Å². The topological polar surface area (TPSA) is 67.4 Å². The Morgan fingerprint density at radius 3 is 2.87 bits per heavy atom. The molecule has 2 aliphatic rings. The van der Waals surface area contributed by atoms with Gasteiger partial charge in [0, 0.05) is 56.3 Å². The zero-order chi connectivity index (χ0) is 20.9. The van der Waals surface area contributed by atoms with Crippen molar-refractivity contribution in [1.82, 2.24) is 15.5 Å². The van der Waals surface area contributed by atoms with E-state index in [2.05, 4.69) is 36.7 Å². The Labute approximate surface area is 200 Å². The highest BCUT2D eigenvalue weighted by atomic mass is 127. The number of thiophene rings is 1. The predicted octanol–water partition coefficient (Wildman–Crippen LogP) is 3.42. The minimum absolute atomic E-state index is 0. The lowest BCUT2D eigenvalue weighted by Crippen LogP contribution is -2.42. The van der Waals surface area contributed by atoms with Gasteiger partial charge in [0.05, 0.1) is 0 Å². The maximum atomic E-state index is 12.8. The minimum atomic E-state index is -2.92. The maximum absolute atomic E-state index is 12.8. The summed E-state index contributed by atoms with van der Waals surface area (Å²) < 4.78 is 40.8. The van der Waals surface area contributed by atoms with Gasteiger partial charge in [0.2, 0.25) is 6.79 Å². The molecule has 0 bridgehead atoms. The van der Waals surface area contributed by atoms with Gasteiger partial charge < -0.3 is 24.8 Å². The number of ether oxygens (including phenoxy) is 3. The van der Waals surface area contributed by atoms with Crippen LogP contribution in [0.3, 0.4) is 0 Å². The monoisotopic (exact) mass is 566 g/mol. The van der Waals surface area contributed by atoms with Crippen LogP contribution in [-0.4, -0.2) is 50.9 Å². The Morgan fingerprint density at radius 1 is 1.29 bits per heavy atom. The third-order valence-electron chi connectivity index (χ3n) is 5.05. The van der Waals surface area contributed by atoms with Crippen molar-refractivity contribution in [2.75, 3.05) is 33.5 Å². The van der Waals surface area contributed by atoms with E-state index in [0.717, 1.165) is 32.6 Å². The number of guanidine groups is 1. The number of rotatable bonds is 7. The largest absolute Gasteiger partial charge is 0.454 e. The van der Waals surface area contributed by atoms with E-state index in [1.165, 1.54) is 16.5 Å². The second-order valence-corrected chi connectivity index (χ2v) is 7.94. The fourth-order valence-electron chi connectivity index (χ4n) is 3.54. The Hall–Kier alpha value is -1.86. The van der Waals surface area contributed by atoms with E-state index >= 15 is 0 Å². The summed E-state index contributed by atoms with van der Waals surface area (Å²) in [5.41, 5.74) is 1.95. The lowest BCUT2D eigenvalue weighted by Gasteiger charge is -2.27. The van der Waals surface area contributed by atoms with Crippen molar-refractivity contribution in [3.63, 3.8) is 0 Å². The van der Waals surface area contributed by atoms with Crippen LogP contribution in [-0.2, 0) is 19.5 Å². The van der Waals surface area contributed by atoms with Crippen LogP contribution in [0.4, 0.5) is 8.78 Å². The summed E-state index contributed by atoms with van der Waals surface area (Å²) >= 11 is 1.83. The fourth-order valence-corrected chi connectivity index (χ4v) is 4.43. The van der Waals surface area contributed by atoms with Crippen LogP contribution >= 0.6 is 35.3 Å². The van der Waals surface area contributed by atoms with Crippen molar-refractivity contribution in [2.45, 2.75) is 26.1 Å². The molecule has 0 spiro atoms. The van der Waals surface area contributed by atoms with Gasteiger partial charge in [-0.1, -0.05) is 0 Å². The van der Waals surface area contributed by atoms with Gasteiger partial charge in [-0.2, -0.15) is 8.78 Å². The molecule has 7 nitrogen and oxygen atoms in total. The van der Waals surface area contributed by atoms with E-state index in [1.807, 2.05) is 11.3 Å². The molecule has 2 N–H and O–H groups in total. The van der Waals surface area contributed by atoms with Crippen molar-refractivity contribution in [2.24, 2.45) is 4.99 Å². The molecule has 0 fully saturated rings. The van der Waals surface area contributed by atoms with Gasteiger partial charge in [0.15, 0.2) is 17.5 Å². The Balaban J connectivity index is 0.00000272. The van der Waals surface area contributed by atoms with Gasteiger partial charge in [-0.3, -0.25) is 9.89 Å². The molecular weight excluding hydrogens is 541 g/mol. The summed E-state index contributed by atoms with van der Waals surface area (Å²) in [6.45, 7) is 1.02. The molecule has 170 valence electrons. The molecule has 0 saturated heterocycles. The van der Waals surface area contributed by atoms with Crippen LogP contribution in [0.2, 0.25) is 0 Å². The molecule has 2 aliphatic heterocycles. The summed E-state index contributed by atoms with van der Waals surface area (Å²) in [4.78, 5) is 8.10. The normalized spacial score (nSPS) is 15.4. The molecule has 0 amide bonds. The SMILES string of the molecule is CN=C(NCCN1CCc2sccc2C1)NCc1cc2c(cc1OC(F)F)OCO2.I. The number of alkyl halides is 2. The van der Waals surface area contributed by atoms with E-state index < -0.39 is 6.61 Å². The Bertz CT molecular complexity index is 913. The fraction of sp³-hybridized carbons (Fsp3) is 0.450. The smallest absolute Gasteiger partial charge is 0.387 e. The van der Waals surface area contributed by atoms with Gasteiger partial charge in [0.25, 0.3) is 0 Å². The number of halogens is 3. The van der Waals surface area contributed by atoms with Crippen molar-refractivity contribution in [3.05, 3.63) is 39.6 Å². The zero-order valence-electron chi connectivity index (χ0n) is 17.0. The second kappa shape index (κ2) is 11.1. The third-order valence-corrected chi connectivity index (χ3v) is 6.07. The Kier molecular flexibility index (Phi) is 8.55. The van der Waals surface area contributed by atoms with E-state index in [1.54, 1.807) is 13.1 Å². The molecule has 0 radical (unpaired) electrons. The highest BCUT2D eigenvalue weighted by Gasteiger charge is 2.20. The summed E-state index contributed by atoms with van der Waals surface area (Å²) in [6, 6.07) is 5.27. The summed E-state index contributed by atoms with van der Waals surface area (Å²) in [6.07, 6.45) is 1.09. The molecule has 3 heterocycles. The van der Waals surface area contributed by atoms with Crippen LogP contribution in [0.5, 0.6) is 17.2 Å². The summed E-state index contributed by atoms with van der Waals surface area (Å²) in [5.74, 6) is 1.54. The second-order valence-electron chi connectivity index (χ2n) is 6.94. The van der Waals surface area contributed by atoms with Gasteiger partial charge in [0.1, 0.15) is 5.75 Å². The molecule has 1 aromatic heterocycles. The van der Waals surface area contributed by atoms with Crippen LogP contribution < -0.4 is 24.8 Å². The van der Waals surface area contributed by atoms with Crippen LogP contribution in [0, 0.1) is 0 Å². The van der Waals surface area contributed by atoms with Crippen molar-refractivity contribution in [1.29, 1.82) is 0 Å². The third kappa shape index (κ3) is 6.10. The molecule has 0 aliphatic carbocycles. The van der Waals surface area contributed by atoms with Crippen LogP contribution in [0.25, 0.3) is 0 Å². The van der Waals surface area contributed by atoms with E-state index in [-0.39, 0.29) is 43.1 Å².